The number of nitrogens with zero attached hydrogens (tertiary/aromatic N) is 5. The Morgan fingerprint density at radius 1 is 0.688 bits per heavy atom. The van der Waals surface area contributed by atoms with Gasteiger partial charge in [-0.2, -0.15) is 0 Å². The molecule has 3 saturated heterocycles. The molecule has 7 atom stereocenters. The Bertz CT molecular complexity index is 2390. The minimum atomic E-state index is -0.856. The molecule has 12 nitrogen and oxygen atoms in total. The Balaban J connectivity index is 0.805. The third kappa shape index (κ3) is 8.25. The molecule has 5 fully saturated rings. The van der Waals surface area contributed by atoms with Crippen molar-refractivity contribution in [1.82, 2.24) is 40.0 Å². The number of nitrogens with one attached hydrogen (secondary N) is 3. The van der Waals surface area contributed by atoms with Crippen molar-refractivity contribution in [3.05, 3.63) is 131 Å². The molecular weight excluding hydrogens is 801 g/mol. The zero-order valence-electron chi connectivity index (χ0n) is 37.1. The largest absolute Gasteiger partial charge is 0.453 e. The van der Waals surface area contributed by atoms with Crippen LogP contribution >= 0.6 is 0 Å². The van der Waals surface area contributed by atoms with Gasteiger partial charge in [-0.15, -0.1) is 0 Å². The standard InChI is InChI=1S/C52H62N8O4/c1-64-51(63)57-45(37-14-5-2-6-15-37)49(61)59-30-12-19-42(59)47-53-33-41(55-47)36-23-21-35(22-24-36)40-25-27-52(26-11-18-39(40)32-52)44-34-54-48(56-44)43-20-13-31-60(43)50(62)46(38-16-7-3-8-17-38)58-28-9-4-10-29-58/h2-3,5-8,14-17,21-24,33-34,39-40,42-43,45-46H,4,9-13,18-20,25-32H2,1H3,(H,53,55)(H,54,56)(H,57,63). The van der Waals surface area contributed by atoms with Gasteiger partial charge in [0.15, 0.2) is 0 Å². The maximum absolute atomic E-state index is 14.6. The van der Waals surface area contributed by atoms with E-state index in [1.165, 1.54) is 44.1 Å². The van der Waals surface area contributed by atoms with Crippen molar-refractivity contribution >= 4 is 17.9 Å². The molecule has 3 amide bonds. The van der Waals surface area contributed by atoms with Gasteiger partial charge in [-0.05, 0) is 118 Å². The number of benzene rings is 3. The van der Waals surface area contributed by atoms with Gasteiger partial charge in [0, 0.05) is 30.4 Å². The van der Waals surface area contributed by atoms with Gasteiger partial charge in [-0.1, -0.05) is 97.8 Å². The van der Waals surface area contributed by atoms with Crippen LogP contribution in [0.1, 0.15) is 148 Å². The smallest absolute Gasteiger partial charge is 0.407 e. The molecule has 0 spiro atoms. The fourth-order valence-electron chi connectivity index (χ4n) is 12.2. The summed E-state index contributed by atoms with van der Waals surface area (Å²) in [5, 5.41) is 2.75. The van der Waals surface area contributed by atoms with Crippen LogP contribution in [0, 0.1) is 5.92 Å². The van der Waals surface area contributed by atoms with Gasteiger partial charge in [-0.3, -0.25) is 14.5 Å². The van der Waals surface area contributed by atoms with Gasteiger partial charge in [0.05, 0.1) is 31.1 Å². The second-order valence-electron chi connectivity index (χ2n) is 19.0. The number of carbonyl (C=O) groups excluding carboxylic acids is 3. The molecule has 12 heteroatoms. The van der Waals surface area contributed by atoms with Crippen LogP contribution in [0.2, 0.25) is 0 Å². The van der Waals surface area contributed by atoms with Gasteiger partial charge in [0.1, 0.15) is 23.7 Å². The van der Waals surface area contributed by atoms with Gasteiger partial charge >= 0.3 is 6.09 Å². The lowest BCUT2D eigenvalue weighted by Gasteiger charge is -2.48. The van der Waals surface area contributed by atoms with E-state index < -0.39 is 12.1 Å². The molecule has 0 radical (unpaired) electrons. The first kappa shape index (κ1) is 42.2. The van der Waals surface area contributed by atoms with Crippen molar-refractivity contribution < 1.29 is 19.1 Å². The van der Waals surface area contributed by atoms with E-state index in [0.717, 1.165) is 106 Å². The van der Waals surface area contributed by atoms with Gasteiger partial charge in [0.2, 0.25) is 5.91 Å². The topological polar surface area (TPSA) is 140 Å². The summed E-state index contributed by atoms with van der Waals surface area (Å²) in [6, 6.07) is 27.4. The summed E-state index contributed by atoms with van der Waals surface area (Å²) >= 11 is 0. The fourth-order valence-corrected chi connectivity index (χ4v) is 12.2. The molecule has 5 aliphatic rings. The highest BCUT2D eigenvalue weighted by Gasteiger charge is 2.47. The third-order valence-corrected chi connectivity index (χ3v) is 15.4. The molecule has 10 rings (SSSR count). The minimum Gasteiger partial charge on any atom is -0.453 e. The number of imidazole rings is 2. The quantitative estimate of drug-likeness (QED) is 0.120. The van der Waals surface area contributed by atoms with E-state index in [1.54, 1.807) is 0 Å². The Kier molecular flexibility index (Phi) is 12.1. The van der Waals surface area contributed by atoms with Gasteiger partial charge < -0.3 is 29.8 Å². The van der Waals surface area contributed by atoms with Crippen LogP contribution in [0.5, 0.6) is 0 Å². The first-order valence-corrected chi connectivity index (χ1v) is 23.9. The molecule has 2 saturated carbocycles. The summed E-state index contributed by atoms with van der Waals surface area (Å²) in [7, 11) is 1.30. The summed E-state index contributed by atoms with van der Waals surface area (Å²) in [5.41, 5.74) is 6.55. The number of fused-ring (bicyclic) bond motifs is 2. The highest BCUT2D eigenvalue weighted by atomic mass is 16.5. The van der Waals surface area contributed by atoms with E-state index >= 15 is 0 Å². The molecule has 5 heterocycles. The lowest BCUT2D eigenvalue weighted by Crippen LogP contribution is -2.44. The predicted octanol–water partition coefficient (Wildman–Crippen LogP) is 9.46. The average molecular weight is 863 g/mol. The summed E-state index contributed by atoms with van der Waals surface area (Å²) < 4.78 is 4.87. The van der Waals surface area contributed by atoms with E-state index in [0.29, 0.717) is 23.9 Å². The maximum Gasteiger partial charge on any atom is 0.407 e. The summed E-state index contributed by atoms with van der Waals surface area (Å²) in [5.74, 6) is 2.86. The minimum absolute atomic E-state index is 0.0178. The van der Waals surface area contributed by atoms with Crippen LogP contribution < -0.4 is 5.32 Å². The summed E-state index contributed by atoms with van der Waals surface area (Å²) in [6.45, 7) is 3.30. The van der Waals surface area contributed by atoms with Crippen LogP contribution in [-0.4, -0.2) is 85.8 Å². The molecule has 3 aliphatic heterocycles. The van der Waals surface area contributed by atoms with Gasteiger partial charge in [-0.25, -0.2) is 14.8 Å². The zero-order valence-corrected chi connectivity index (χ0v) is 37.1. The van der Waals surface area contributed by atoms with Crippen LogP contribution in [0.25, 0.3) is 11.3 Å². The first-order chi connectivity index (χ1) is 31.4. The Morgan fingerprint density at radius 3 is 2.05 bits per heavy atom. The number of methoxy groups -OCH3 is 1. The first-order valence-electron chi connectivity index (χ1n) is 23.9. The SMILES string of the molecule is COC(=O)NC(C(=O)N1CCCC1c1ncc(-c2ccc(C3CCC4(c5cnc(C6CCCN6C(=O)C(c6ccccc6)N6CCCCC6)[nH]5)CCCC3C4)cc2)[nH]1)c1ccccc1. The molecule has 5 aromatic rings. The lowest BCUT2D eigenvalue weighted by atomic mass is 9.56. The van der Waals surface area contributed by atoms with E-state index in [-0.39, 0.29) is 35.4 Å². The summed E-state index contributed by atoms with van der Waals surface area (Å²) in [4.78, 5) is 64.6. The molecule has 3 N–H and O–H groups in total. The van der Waals surface area contributed by atoms with Crippen LogP contribution in [0.15, 0.2) is 97.3 Å². The number of aromatic nitrogens is 4. The number of carbonyl (C=O) groups is 3. The number of rotatable bonds is 11. The number of hydrogen-bond donors (Lipinski definition) is 3. The van der Waals surface area contributed by atoms with E-state index in [9.17, 15) is 14.4 Å². The van der Waals surface area contributed by atoms with Crippen LogP contribution in [-0.2, 0) is 19.7 Å². The fraction of sp³-hybridized carbons (Fsp3) is 0.481. The molecule has 7 unspecified atom stereocenters. The van der Waals surface area contributed by atoms with E-state index in [1.807, 2.05) is 47.5 Å². The summed E-state index contributed by atoms with van der Waals surface area (Å²) in [6.07, 6.45) is 17.5. The number of alkyl carbamates (subject to hydrolysis) is 1. The Morgan fingerprint density at radius 2 is 1.34 bits per heavy atom. The highest BCUT2D eigenvalue weighted by Crippen LogP contribution is 2.55. The van der Waals surface area contributed by atoms with E-state index in [2.05, 4.69) is 79.8 Å². The second kappa shape index (κ2) is 18.4. The number of H-pyrrole nitrogens is 2. The average Bonchev–Trinajstić information content (AvgIpc) is 4.20. The van der Waals surface area contributed by atoms with Crippen molar-refractivity contribution in [2.75, 3.05) is 33.3 Å². The molecule has 64 heavy (non-hydrogen) atoms. The molecule has 2 aliphatic carbocycles. The Labute approximate surface area is 376 Å². The maximum atomic E-state index is 14.6. The third-order valence-electron chi connectivity index (χ3n) is 15.4. The number of hydrogen-bond acceptors (Lipinski definition) is 7. The number of likely N-dealkylation sites (tertiary alicyclic amines) is 3. The number of aromatic amines is 2. The molecular formula is C52H62N8O4. The van der Waals surface area contributed by atoms with Crippen molar-refractivity contribution in [1.29, 1.82) is 0 Å². The van der Waals surface area contributed by atoms with E-state index in [4.69, 9.17) is 14.7 Å². The molecule has 334 valence electrons. The lowest BCUT2D eigenvalue weighted by molar-refractivity contribution is -0.139. The number of piperidine rings is 1. The zero-order chi connectivity index (χ0) is 43.6. The van der Waals surface area contributed by atoms with Gasteiger partial charge in [0.25, 0.3) is 5.91 Å². The van der Waals surface area contributed by atoms with Crippen LogP contribution in [0.3, 0.4) is 0 Å². The monoisotopic (exact) mass is 862 g/mol. The van der Waals surface area contributed by atoms with Crippen molar-refractivity contribution in [2.45, 2.75) is 119 Å². The molecule has 3 aromatic carbocycles. The van der Waals surface area contributed by atoms with Crippen molar-refractivity contribution in [2.24, 2.45) is 5.92 Å². The van der Waals surface area contributed by atoms with Crippen LogP contribution in [0.4, 0.5) is 4.79 Å². The predicted molar refractivity (Wildman–Crippen MR) is 245 cm³/mol. The molecule has 2 aromatic heterocycles. The Hall–Kier alpha value is -5.75. The molecule has 2 bridgehead atoms. The van der Waals surface area contributed by atoms with Crippen molar-refractivity contribution in [3.63, 3.8) is 0 Å². The second-order valence-corrected chi connectivity index (χ2v) is 19.0. The normalized spacial score (nSPS) is 25.8. The number of amides is 3. The van der Waals surface area contributed by atoms with Crippen molar-refractivity contribution in [3.8, 4) is 11.3 Å². The number of ether oxygens (including phenoxy) is 1. The highest BCUT2D eigenvalue weighted by molar-refractivity contribution is 5.87.